The summed E-state index contributed by atoms with van der Waals surface area (Å²) in [6, 6.07) is 0. The van der Waals surface area contributed by atoms with Gasteiger partial charge in [0.1, 0.15) is 10.8 Å². The van der Waals surface area contributed by atoms with Crippen LogP contribution in [-0.2, 0) is 14.6 Å². The number of hydrogen-bond acceptors (Lipinski definition) is 3. The Morgan fingerprint density at radius 3 is 2.06 bits per heavy atom. The summed E-state index contributed by atoms with van der Waals surface area (Å²) in [7, 11) is -3.32. The Balaban J connectivity index is 3.88. The van der Waals surface area contributed by atoms with E-state index >= 15 is 0 Å². The molecule has 0 fully saturated rings. The molecule has 0 unspecified atom stereocenters. The van der Waals surface area contributed by atoms with E-state index in [1.165, 1.54) is 25.2 Å². The molecule has 0 aromatic carbocycles. The molecule has 0 radical (unpaired) electrons. The molecule has 0 rings (SSSR count). The van der Waals surface area contributed by atoms with Crippen LogP contribution in [0.4, 0.5) is 0 Å². The normalized spacial score (nSPS) is 11.1. The quantitative estimate of drug-likeness (QED) is 0.464. The van der Waals surface area contributed by atoms with Crippen LogP contribution < -0.4 is 0 Å². The summed E-state index contributed by atoms with van der Waals surface area (Å²) < 4.78 is 23.2. The van der Waals surface area contributed by atoms with Crippen LogP contribution in [-0.4, -0.2) is 20.1 Å². The van der Waals surface area contributed by atoms with E-state index in [4.69, 9.17) is 0 Å². The SMILES string of the molecule is CCCCCCCCS(=O)(=O)C(=C=O)CC. The molecule has 0 N–H and O–H groups in total. The van der Waals surface area contributed by atoms with Crippen molar-refractivity contribution in [1.29, 1.82) is 0 Å². The zero-order valence-electron chi connectivity index (χ0n) is 10.3. The minimum absolute atomic E-state index is 0.0824. The second-order valence-electron chi connectivity index (χ2n) is 3.97. The van der Waals surface area contributed by atoms with E-state index in [0.29, 0.717) is 6.42 Å². The Morgan fingerprint density at radius 2 is 1.56 bits per heavy atom. The summed E-state index contributed by atoms with van der Waals surface area (Å²) >= 11 is 0. The molecule has 0 aliphatic heterocycles. The summed E-state index contributed by atoms with van der Waals surface area (Å²) in [5.74, 6) is 1.63. The van der Waals surface area contributed by atoms with E-state index in [0.717, 1.165) is 12.8 Å². The highest BCUT2D eigenvalue weighted by atomic mass is 32.2. The third-order valence-electron chi connectivity index (χ3n) is 2.58. The molecular weight excluding hydrogens is 224 g/mol. The molecule has 94 valence electrons. The maximum Gasteiger partial charge on any atom is 0.185 e. The Labute approximate surface area is 98.9 Å². The second kappa shape index (κ2) is 8.54. The average molecular weight is 246 g/mol. The first-order chi connectivity index (χ1) is 7.58. The van der Waals surface area contributed by atoms with Crippen LogP contribution in [0.3, 0.4) is 0 Å². The van der Waals surface area contributed by atoms with E-state index in [9.17, 15) is 13.2 Å². The van der Waals surface area contributed by atoms with Gasteiger partial charge < -0.3 is 0 Å². The Bertz CT molecular complexity index is 324. The third kappa shape index (κ3) is 6.09. The van der Waals surface area contributed by atoms with Crippen LogP contribution in [0.2, 0.25) is 0 Å². The Hall–Kier alpha value is -0.600. The third-order valence-corrected chi connectivity index (χ3v) is 4.53. The summed E-state index contributed by atoms with van der Waals surface area (Å²) in [5, 5.41) is 0. The van der Waals surface area contributed by atoms with Crippen molar-refractivity contribution in [1.82, 2.24) is 0 Å². The molecule has 0 heterocycles. The van der Waals surface area contributed by atoms with Crippen LogP contribution in [0.25, 0.3) is 0 Å². The van der Waals surface area contributed by atoms with Crippen molar-refractivity contribution in [3.63, 3.8) is 0 Å². The fourth-order valence-corrected chi connectivity index (χ4v) is 2.95. The van der Waals surface area contributed by atoms with Gasteiger partial charge in [-0.1, -0.05) is 46.0 Å². The van der Waals surface area contributed by atoms with E-state index in [2.05, 4.69) is 6.92 Å². The van der Waals surface area contributed by atoms with Crippen molar-refractivity contribution in [3.8, 4) is 0 Å². The van der Waals surface area contributed by atoms with Crippen molar-refractivity contribution in [2.45, 2.75) is 58.8 Å². The summed E-state index contributed by atoms with van der Waals surface area (Å²) in [6.45, 7) is 3.81. The molecule has 0 atom stereocenters. The Kier molecular flexibility index (Phi) is 8.22. The predicted molar refractivity (Wildman–Crippen MR) is 66.7 cm³/mol. The van der Waals surface area contributed by atoms with Crippen LogP contribution in [0, 0.1) is 0 Å². The molecule has 0 aromatic heterocycles. The monoisotopic (exact) mass is 246 g/mol. The molecule has 4 heteroatoms. The van der Waals surface area contributed by atoms with Crippen molar-refractivity contribution >= 4 is 15.8 Å². The van der Waals surface area contributed by atoms with Gasteiger partial charge in [0.2, 0.25) is 0 Å². The lowest BCUT2D eigenvalue weighted by Crippen LogP contribution is -2.09. The lowest BCUT2D eigenvalue weighted by atomic mass is 10.1. The number of rotatable bonds is 9. The topological polar surface area (TPSA) is 51.2 Å². The highest BCUT2D eigenvalue weighted by Crippen LogP contribution is 2.12. The molecule has 0 saturated carbocycles. The van der Waals surface area contributed by atoms with Gasteiger partial charge in [-0.15, -0.1) is 0 Å². The number of sulfone groups is 1. The van der Waals surface area contributed by atoms with Gasteiger partial charge in [-0.25, -0.2) is 13.2 Å². The smallest absolute Gasteiger partial charge is 0.185 e. The van der Waals surface area contributed by atoms with Gasteiger partial charge in [-0.2, -0.15) is 0 Å². The molecule has 0 bridgehead atoms. The Morgan fingerprint density at radius 1 is 1.00 bits per heavy atom. The van der Waals surface area contributed by atoms with Crippen molar-refractivity contribution < 1.29 is 13.2 Å². The fraction of sp³-hybridized carbons (Fsp3) is 0.833. The number of allylic oxidation sites excluding steroid dienone is 1. The standard InChI is InChI=1S/C12H22O3S/c1-3-5-6-7-8-9-10-16(14,15)12(4-2)11-13/h3-10H2,1-2H3. The van der Waals surface area contributed by atoms with Gasteiger partial charge in [0.05, 0.1) is 5.75 Å². The largest absolute Gasteiger partial charge is 0.232 e. The van der Waals surface area contributed by atoms with Crippen LogP contribution in [0.15, 0.2) is 4.91 Å². The highest BCUT2D eigenvalue weighted by molar-refractivity contribution is 7.95. The molecule has 0 aliphatic carbocycles. The fourth-order valence-electron chi connectivity index (χ4n) is 1.55. The molecule has 0 spiro atoms. The minimum atomic E-state index is -3.32. The number of carbonyl (C=O) groups excluding carboxylic acids is 1. The van der Waals surface area contributed by atoms with Gasteiger partial charge in [0, 0.05) is 0 Å². The lowest BCUT2D eigenvalue weighted by Gasteiger charge is -2.03. The predicted octanol–water partition coefficient (Wildman–Crippen LogP) is 2.89. The highest BCUT2D eigenvalue weighted by Gasteiger charge is 2.16. The van der Waals surface area contributed by atoms with Crippen LogP contribution in [0.5, 0.6) is 0 Å². The van der Waals surface area contributed by atoms with Gasteiger partial charge >= 0.3 is 0 Å². The first-order valence-corrected chi connectivity index (χ1v) is 7.70. The molecular formula is C12H22O3S. The summed E-state index contributed by atoms with van der Waals surface area (Å²) in [4.78, 5) is 10.3. The molecule has 0 aromatic rings. The van der Waals surface area contributed by atoms with Crippen molar-refractivity contribution in [3.05, 3.63) is 4.91 Å². The van der Waals surface area contributed by atoms with E-state index in [-0.39, 0.29) is 17.1 Å². The maximum absolute atomic E-state index is 11.6. The summed E-state index contributed by atoms with van der Waals surface area (Å²) in [6.07, 6.45) is 6.47. The van der Waals surface area contributed by atoms with Gasteiger partial charge in [-0.3, -0.25) is 0 Å². The van der Waals surface area contributed by atoms with Crippen LogP contribution in [0.1, 0.15) is 58.8 Å². The van der Waals surface area contributed by atoms with Gasteiger partial charge in [0.15, 0.2) is 9.84 Å². The molecule has 0 aliphatic rings. The molecule has 3 nitrogen and oxygen atoms in total. The van der Waals surface area contributed by atoms with Crippen LogP contribution >= 0.6 is 0 Å². The minimum Gasteiger partial charge on any atom is -0.232 e. The van der Waals surface area contributed by atoms with E-state index in [1.54, 1.807) is 6.92 Å². The lowest BCUT2D eigenvalue weighted by molar-refractivity contribution is 0.565. The van der Waals surface area contributed by atoms with E-state index < -0.39 is 9.84 Å². The van der Waals surface area contributed by atoms with Gasteiger partial charge in [-0.05, 0) is 12.8 Å². The number of hydrogen-bond donors (Lipinski definition) is 0. The van der Waals surface area contributed by atoms with Crippen molar-refractivity contribution in [2.75, 3.05) is 5.75 Å². The second-order valence-corrected chi connectivity index (χ2v) is 6.10. The first kappa shape index (κ1) is 15.4. The molecule has 16 heavy (non-hydrogen) atoms. The van der Waals surface area contributed by atoms with E-state index in [1.807, 2.05) is 0 Å². The molecule has 0 saturated heterocycles. The number of unbranched alkanes of at least 4 members (excludes halogenated alkanes) is 5. The van der Waals surface area contributed by atoms with Gasteiger partial charge in [0.25, 0.3) is 0 Å². The zero-order chi connectivity index (χ0) is 12.4. The average Bonchev–Trinajstić information content (AvgIpc) is 2.24. The maximum atomic E-state index is 11.6. The molecule has 0 amide bonds. The summed E-state index contributed by atoms with van der Waals surface area (Å²) in [5.41, 5.74) is 0. The van der Waals surface area contributed by atoms with Crippen molar-refractivity contribution in [2.24, 2.45) is 0 Å². The zero-order valence-corrected chi connectivity index (χ0v) is 11.1. The first-order valence-electron chi connectivity index (χ1n) is 6.05.